The lowest BCUT2D eigenvalue weighted by Crippen LogP contribution is -2.30. The summed E-state index contributed by atoms with van der Waals surface area (Å²) < 4.78 is 40.8. The van der Waals surface area contributed by atoms with Crippen molar-refractivity contribution < 1.29 is 17.6 Å². The molecule has 0 fully saturated rings. The summed E-state index contributed by atoms with van der Waals surface area (Å²) in [4.78, 5) is 11.5. The summed E-state index contributed by atoms with van der Waals surface area (Å²) in [5.41, 5.74) is 0.185. The van der Waals surface area contributed by atoms with Crippen molar-refractivity contribution in [2.24, 2.45) is 7.05 Å². The third-order valence-electron chi connectivity index (χ3n) is 2.70. The van der Waals surface area contributed by atoms with Gasteiger partial charge in [0.15, 0.2) is 0 Å². The third-order valence-corrected chi connectivity index (χ3v) is 4.49. The van der Waals surface area contributed by atoms with Crippen LogP contribution in [0, 0.1) is 12.7 Å². The molecule has 0 spiro atoms. The highest BCUT2D eigenvalue weighted by molar-refractivity contribution is 7.90. The summed E-state index contributed by atoms with van der Waals surface area (Å²) in [5.74, 6) is -1.47. The van der Waals surface area contributed by atoms with Gasteiger partial charge in [-0.2, -0.15) is 5.10 Å². The van der Waals surface area contributed by atoms with Crippen molar-refractivity contribution in [3.05, 3.63) is 46.5 Å². The zero-order valence-electron chi connectivity index (χ0n) is 11.1. The Balaban J connectivity index is 2.35. The first-order valence-corrected chi connectivity index (χ1v) is 7.58. The maximum absolute atomic E-state index is 13.3. The average Bonchev–Trinajstić information content (AvgIpc) is 2.80. The lowest BCUT2D eigenvalue weighted by atomic mass is 10.2. The van der Waals surface area contributed by atoms with Crippen LogP contribution in [0.3, 0.4) is 0 Å². The molecule has 1 N–H and O–H groups in total. The number of carbonyl (C=O) groups excluding carboxylic acids is 1. The van der Waals surface area contributed by atoms with Gasteiger partial charge < -0.3 is 0 Å². The molecule has 21 heavy (non-hydrogen) atoms. The molecular weight excluding hydrogens is 321 g/mol. The second-order valence-corrected chi connectivity index (χ2v) is 6.43. The molecule has 0 saturated carbocycles. The van der Waals surface area contributed by atoms with E-state index in [0.29, 0.717) is 0 Å². The molecular formula is C12H11ClFN3O3S. The lowest BCUT2D eigenvalue weighted by Gasteiger charge is -2.09. The molecule has 112 valence electrons. The van der Waals surface area contributed by atoms with E-state index < -0.39 is 21.7 Å². The zero-order chi connectivity index (χ0) is 15.8. The third kappa shape index (κ3) is 3.22. The number of aryl methyl sites for hydroxylation is 2. The van der Waals surface area contributed by atoms with E-state index >= 15 is 0 Å². The van der Waals surface area contributed by atoms with Crippen LogP contribution in [0.25, 0.3) is 0 Å². The monoisotopic (exact) mass is 331 g/mol. The SMILES string of the molecule is Cc1cc(S(=O)(=O)NC(=O)c2cnn(C)c2)c(Cl)cc1F. The molecule has 2 aromatic rings. The van der Waals surface area contributed by atoms with Gasteiger partial charge in [0.25, 0.3) is 15.9 Å². The highest BCUT2D eigenvalue weighted by Gasteiger charge is 2.23. The highest BCUT2D eigenvalue weighted by atomic mass is 35.5. The van der Waals surface area contributed by atoms with Gasteiger partial charge in [0, 0.05) is 13.2 Å². The molecule has 1 aromatic carbocycles. The van der Waals surface area contributed by atoms with Crippen LogP contribution in [-0.2, 0) is 17.1 Å². The standard InChI is InChI=1S/C12H11ClFN3O3S/c1-7-3-11(9(13)4-10(7)14)21(19,20)16-12(18)8-5-15-17(2)6-8/h3-6H,1-2H3,(H,16,18). The maximum atomic E-state index is 13.3. The van der Waals surface area contributed by atoms with E-state index in [1.165, 1.54) is 24.0 Å². The molecule has 0 bridgehead atoms. The molecule has 0 aliphatic heterocycles. The van der Waals surface area contributed by atoms with Gasteiger partial charge in [-0.05, 0) is 24.6 Å². The molecule has 0 unspecified atom stereocenters. The number of nitrogens with one attached hydrogen (secondary N) is 1. The quantitative estimate of drug-likeness (QED) is 0.927. The number of aromatic nitrogens is 2. The van der Waals surface area contributed by atoms with Gasteiger partial charge >= 0.3 is 0 Å². The first kappa shape index (κ1) is 15.5. The van der Waals surface area contributed by atoms with Gasteiger partial charge in [0.2, 0.25) is 0 Å². The van der Waals surface area contributed by atoms with Gasteiger partial charge in [-0.1, -0.05) is 11.6 Å². The molecule has 0 saturated heterocycles. The highest BCUT2D eigenvalue weighted by Crippen LogP contribution is 2.24. The molecule has 1 aromatic heterocycles. The minimum absolute atomic E-state index is 0.0797. The molecule has 0 aliphatic rings. The molecule has 0 aliphatic carbocycles. The predicted octanol–water partition coefficient (Wildman–Crippen LogP) is 1.64. The Labute approximate surface area is 125 Å². The average molecular weight is 332 g/mol. The number of nitrogens with zero attached hydrogens (tertiary/aromatic N) is 2. The minimum Gasteiger partial charge on any atom is -0.275 e. The van der Waals surface area contributed by atoms with Crippen LogP contribution in [0.15, 0.2) is 29.4 Å². The largest absolute Gasteiger partial charge is 0.275 e. The topological polar surface area (TPSA) is 81.1 Å². The van der Waals surface area contributed by atoms with E-state index in [2.05, 4.69) is 5.10 Å². The van der Waals surface area contributed by atoms with E-state index in [1.807, 2.05) is 4.72 Å². The van der Waals surface area contributed by atoms with Crippen LogP contribution in [0.5, 0.6) is 0 Å². The normalized spacial score (nSPS) is 11.4. The van der Waals surface area contributed by atoms with Gasteiger partial charge in [-0.25, -0.2) is 17.5 Å². The van der Waals surface area contributed by atoms with Crippen molar-refractivity contribution in [3.63, 3.8) is 0 Å². The van der Waals surface area contributed by atoms with Gasteiger partial charge in [-0.3, -0.25) is 9.48 Å². The van der Waals surface area contributed by atoms with Gasteiger partial charge in [-0.15, -0.1) is 0 Å². The summed E-state index contributed by atoms with van der Waals surface area (Å²) in [5, 5.41) is 3.47. The van der Waals surface area contributed by atoms with Crippen LogP contribution in [0.1, 0.15) is 15.9 Å². The van der Waals surface area contributed by atoms with Gasteiger partial charge in [0.1, 0.15) is 10.7 Å². The number of carbonyl (C=O) groups is 1. The fourth-order valence-electron chi connectivity index (χ4n) is 1.61. The molecule has 1 heterocycles. The van der Waals surface area contributed by atoms with Crippen LogP contribution in [-0.4, -0.2) is 24.1 Å². The molecule has 0 radical (unpaired) electrons. The predicted molar refractivity (Wildman–Crippen MR) is 74.0 cm³/mol. The molecule has 1 amide bonds. The Hall–Kier alpha value is -1.93. The minimum atomic E-state index is -4.20. The Morgan fingerprint density at radius 1 is 1.43 bits per heavy atom. The van der Waals surface area contributed by atoms with E-state index in [4.69, 9.17) is 11.6 Å². The van der Waals surface area contributed by atoms with Crippen LogP contribution in [0.2, 0.25) is 5.02 Å². The summed E-state index contributed by atoms with van der Waals surface area (Å²) in [6.07, 6.45) is 2.59. The number of hydrogen-bond donors (Lipinski definition) is 1. The summed E-state index contributed by atoms with van der Waals surface area (Å²) >= 11 is 5.73. The van der Waals surface area contributed by atoms with E-state index in [-0.39, 0.29) is 21.0 Å². The zero-order valence-corrected chi connectivity index (χ0v) is 12.7. The van der Waals surface area contributed by atoms with E-state index in [0.717, 1.165) is 12.1 Å². The van der Waals surface area contributed by atoms with Crippen LogP contribution in [0.4, 0.5) is 4.39 Å². The van der Waals surface area contributed by atoms with E-state index in [1.54, 1.807) is 7.05 Å². The summed E-state index contributed by atoms with van der Waals surface area (Å²) in [7, 11) is -2.61. The first-order chi connectivity index (χ1) is 9.70. The molecule has 2 rings (SSSR count). The second kappa shape index (κ2) is 5.45. The second-order valence-electron chi connectivity index (χ2n) is 4.37. The number of halogens is 2. The van der Waals surface area contributed by atoms with Crippen molar-refractivity contribution in [3.8, 4) is 0 Å². The smallest absolute Gasteiger partial charge is 0.268 e. The van der Waals surface area contributed by atoms with Crippen LogP contribution < -0.4 is 4.72 Å². The lowest BCUT2D eigenvalue weighted by molar-refractivity contribution is 0.0981. The first-order valence-electron chi connectivity index (χ1n) is 5.72. The Morgan fingerprint density at radius 3 is 2.67 bits per heavy atom. The van der Waals surface area contributed by atoms with E-state index in [9.17, 15) is 17.6 Å². The number of amides is 1. The van der Waals surface area contributed by atoms with Gasteiger partial charge in [0.05, 0.1) is 16.8 Å². The van der Waals surface area contributed by atoms with Crippen molar-refractivity contribution in [2.75, 3.05) is 0 Å². The van der Waals surface area contributed by atoms with Crippen molar-refractivity contribution in [1.82, 2.24) is 14.5 Å². The Kier molecular flexibility index (Phi) is 4.02. The number of rotatable bonds is 3. The van der Waals surface area contributed by atoms with Crippen LogP contribution >= 0.6 is 11.6 Å². The summed E-state index contributed by atoms with van der Waals surface area (Å²) in [6, 6.07) is 1.95. The molecule has 6 nitrogen and oxygen atoms in total. The van der Waals surface area contributed by atoms with Crippen molar-refractivity contribution >= 4 is 27.5 Å². The number of sulfonamides is 1. The fourth-order valence-corrected chi connectivity index (χ4v) is 3.19. The number of hydrogen-bond acceptors (Lipinski definition) is 4. The molecule has 0 atom stereocenters. The fraction of sp³-hybridized carbons (Fsp3) is 0.167. The maximum Gasteiger partial charge on any atom is 0.268 e. The number of benzene rings is 1. The van der Waals surface area contributed by atoms with Crippen molar-refractivity contribution in [1.29, 1.82) is 0 Å². The van der Waals surface area contributed by atoms with Crippen molar-refractivity contribution in [2.45, 2.75) is 11.8 Å². The molecule has 9 heteroatoms. The Morgan fingerprint density at radius 2 is 2.10 bits per heavy atom. The Bertz CT molecular complexity index is 817. The summed E-state index contributed by atoms with van der Waals surface area (Å²) in [6.45, 7) is 1.40.